The van der Waals surface area contributed by atoms with E-state index in [1.54, 1.807) is 0 Å². The summed E-state index contributed by atoms with van der Waals surface area (Å²) in [5, 5.41) is 1.27. The number of halogens is 2. The molecule has 0 radical (unpaired) electrons. The van der Waals surface area contributed by atoms with E-state index < -0.39 is 0 Å². The van der Waals surface area contributed by atoms with Crippen LogP contribution in [-0.2, 0) is 6.42 Å². The van der Waals surface area contributed by atoms with E-state index in [1.165, 1.54) is 14.5 Å². The fourth-order valence-corrected chi connectivity index (χ4v) is 2.70. The van der Waals surface area contributed by atoms with Crippen molar-refractivity contribution in [2.75, 3.05) is 5.88 Å². The van der Waals surface area contributed by atoms with Crippen molar-refractivity contribution in [3.8, 4) is 0 Å². The highest BCUT2D eigenvalue weighted by Crippen LogP contribution is 2.25. The van der Waals surface area contributed by atoms with Gasteiger partial charge in [0.1, 0.15) is 0 Å². The summed E-state index contributed by atoms with van der Waals surface area (Å²) in [6.45, 7) is 2.07. The molecular formula is C13H13ClIN. The fourth-order valence-electron chi connectivity index (χ4n) is 1.88. The Morgan fingerprint density at radius 2 is 2.06 bits per heavy atom. The Morgan fingerprint density at radius 3 is 2.81 bits per heavy atom. The molecule has 1 nitrogen and oxygen atoms in total. The zero-order chi connectivity index (χ0) is 11.5. The SMILES string of the molecule is Cc1nc2ccccc2c(CCCCl)c1I. The second kappa shape index (κ2) is 5.32. The van der Waals surface area contributed by atoms with Crippen molar-refractivity contribution in [2.45, 2.75) is 19.8 Å². The minimum Gasteiger partial charge on any atom is -0.252 e. The molecule has 0 saturated carbocycles. The van der Waals surface area contributed by atoms with E-state index in [0.717, 1.165) is 24.1 Å². The molecule has 16 heavy (non-hydrogen) atoms. The van der Waals surface area contributed by atoms with Crippen molar-refractivity contribution < 1.29 is 0 Å². The van der Waals surface area contributed by atoms with Gasteiger partial charge in [0, 0.05) is 14.8 Å². The third-order valence-corrected chi connectivity index (χ3v) is 4.36. The van der Waals surface area contributed by atoms with Crippen LogP contribution in [0.5, 0.6) is 0 Å². The molecule has 0 fully saturated rings. The van der Waals surface area contributed by atoms with Gasteiger partial charge in [0.2, 0.25) is 0 Å². The van der Waals surface area contributed by atoms with Crippen LogP contribution in [-0.4, -0.2) is 10.9 Å². The molecule has 1 aromatic carbocycles. The lowest BCUT2D eigenvalue weighted by molar-refractivity contribution is 0.925. The van der Waals surface area contributed by atoms with E-state index in [4.69, 9.17) is 11.6 Å². The summed E-state index contributed by atoms with van der Waals surface area (Å²) in [6, 6.07) is 8.32. The lowest BCUT2D eigenvalue weighted by Crippen LogP contribution is -1.98. The lowest BCUT2D eigenvalue weighted by atomic mass is 10.0. The summed E-state index contributed by atoms with van der Waals surface area (Å²) in [7, 11) is 0. The Balaban J connectivity index is 2.61. The first-order chi connectivity index (χ1) is 7.74. The van der Waals surface area contributed by atoms with Crippen LogP contribution < -0.4 is 0 Å². The number of fused-ring (bicyclic) bond motifs is 1. The number of pyridine rings is 1. The molecule has 0 aliphatic heterocycles. The summed E-state index contributed by atoms with van der Waals surface area (Å²) in [5.74, 6) is 0.714. The van der Waals surface area contributed by atoms with Crippen LogP contribution in [0, 0.1) is 10.5 Å². The second-order valence-corrected chi connectivity index (χ2v) is 5.26. The van der Waals surface area contributed by atoms with Gasteiger partial charge in [-0.25, -0.2) is 0 Å². The molecule has 0 unspecified atom stereocenters. The molecule has 0 bridgehead atoms. The number of hydrogen-bond donors (Lipinski definition) is 0. The Labute approximate surface area is 114 Å². The molecule has 1 heterocycles. The number of para-hydroxylation sites is 1. The van der Waals surface area contributed by atoms with Gasteiger partial charge in [0.15, 0.2) is 0 Å². The average molecular weight is 346 g/mol. The summed E-state index contributed by atoms with van der Waals surface area (Å²) in [5.41, 5.74) is 3.60. The molecule has 0 N–H and O–H groups in total. The van der Waals surface area contributed by atoms with Crippen molar-refractivity contribution in [1.82, 2.24) is 4.98 Å². The lowest BCUT2D eigenvalue weighted by Gasteiger charge is -2.10. The summed E-state index contributed by atoms with van der Waals surface area (Å²) < 4.78 is 1.28. The van der Waals surface area contributed by atoms with E-state index in [-0.39, 0.29) is 0 Å². The van der Waals surface area contributed by atoms with Gasteiger partial charge >= 0.3 is 0 Å². The number of aryl methyl sites for hydroxylation is 2. The van der Waals surface area contributed by atoms with Crippen molar-refractivity contribution in [3.05, 3.63) is 39.1 Å². The number of rotatable bonds is 3. The number of alkyl halides is 1. The van der Waals surface area contributed by atoms with E-state index >= 15 is 0 Å². The smallest absolute Gasteiger partial charge is 0.0708 e. The number of benzene rings is 1. The largest absolute Gasteiger partial charge is 0.252 e. The van der Waals surface area contributed by atoms with E-state index in [2.05, 4.69) is 52.7 Å². The molecule has 2 rings (SSSR count). The van der Waals surface area contributed by atoms with Crippen LogP contribution in [0.25, 0.3) is 10.9 Å². The van der Waals surface area contributed by atoms with Crippen LogP contribution >= 0.6 is 34.2 Å². The molecule has 0 amide bonds. The van der Waals surface area contributed by atoms with Gasteiger partial charge in [-0.1, -0.05) is 18.2 Å². The molecule has 2 aromatic rings. The van der Waals surface area contributed by atoms with Gasteiger partial charge in [-0.15, -0.1) is 11.6 Å². The first-order valence-electron chi connectivity index (χ1n) is 5.33. The number of nitrogens with zero attached hydrogens (tertiary/aromatic N) is 1. The maximum Gasteiger partial charge on any atom is 0.0708 e. The highest BCUT2D eigenvalue weighted by atomic mass is 127. The van der Waals surface area contributed by atoms with Gasteiger partial charge in [0.05, 0.1) is 11.2 Å². The molecular weight excluding hydrogens is 333 g/mol. The normalized spacial score (nSPS) is 10.9. The molecule has 0 atom stereocenters. The molecule has 0 aliphatic rings. The van der Waals surface area contributed by atoms with Crippen LogP contribution in [0.4, 0.5) is 0 Å². The third-order valence-electron chi connectivity index (χ3n) is 2.66. The fraction of sp³-hybridized carbons (Fsp3) is 0.308. The predicted molar refractivity (Wildman–Crippen MR) is 78.2 cm³/mol. The van der Waals surface area contributed by atoms with E-state index in [0.29, 0.717) is 5.88 Å². The molecule has 0 saturated heterocycles. The van der Waals surface area contributed by atoms with E-state index in [9.17, 15) is 0 Å². The first-order valence-corrected chi connectivity index (χ1v) is 6.95. The van der Waals surface area contributed by atoms with Crippen molar-refractivity contribution >= 4 is 45.1 Å². The Kier molecular flexibility index (Phi) is 4.03. The number of aromatic nitrogens is 1. The van der Waals surface area contributed by atoms with Crippen LogP contribution in [0.15, 0.2) is 24.3 Å². The number of hydrogen-bond acceptors (Lipinski definition) is 1. The van der Waals surface area contributed by atoms with Crippen LogP contribution in [0.2, 0.25) is 0 Å². The average Bonchev–Trinajstić information content (AvgIpc) is 2.30. The van der Waals surface area contributed by atoms with Gasteiger partial charge in [-0.3, -0.25) is 4.98 Å². The molecule has 3 heteroatoms. The van der Waals surface area contributed by atoms with Crippen LogP contribution in [0.3, 0.4) is 0 Å². The Morgan fingerprint density at radius 1 is 1.31 bits per heavy atom. The zero-order valence-electron chi connectivity index (χ0n) is 9.13. The summed E-state index contributed by atoms with van der Waals surface area (Å²) >= 11 is 8.16. The minimum absolute atomic E-state index is 0.714. The monoisotopic (exact) mass is 345 g/mol. The molecule has 0 aliphatic carbocycles. The third kappa shape index (κ3) is 2.33. The highest BCUT2D eigenvalue weighted by Gasteiger charge is 2.09. The highest BCUT2D eigenvalue weighted by molar-refractivity contribution is 14.1. The molecule has 84 valence electrons. The van der Waals surface area contributed by atoms with E-state index in [1.807, 2.05) is 6.07 Å². The van der Waals surface area contributed by atoms with Crippen molar-refractivity contribution in [2.24, 2.45) is 0 Å². The summed E-state index contributed by atoms with van der Waals surface area (Å²) in [4.78, 5) is 4.60. The van der Waals surface area contributed by atoms with Crippen LogP contribution in [0.1, 0.15) is 17.7 Å². The minimum atomic E-state index is 0.714. The van der Waals surface area contributed by atoms with Crippen molar-refractivity contribution in [1.29, 1.82) is 0 Å². The molecule has 0 spiro atoms. The maximum absolute atomic E-state index is 5.78. The van der Waals surface area contributed by atoms with Gasteiger partial charge in [0.25, 0.3) is 0 Å². The standard InChI is InChI=1S/C13H13ClIN/c1-9-13(15)11(6-4-8-14)10-5-2-3-7-12(10)16-9/h2-3,5,7H,4,6,8H2,1H3. The topological polar surface area (TPSA) is 12.9 Å². The maximum atomic E-state index is 5.78. The van der Waals surface area contributed by atoms with Gasteiger partial charge < -0.3 is 0 Å². The predicted octanol–water partition coefficient (Wildman–Crippen LogP) is 4.32. The van der Waals surface area contributed by atoms with Gasteiger partial charge in [-0.2, -0.15) is 0 Å². The van der Waals surface area contributed by atoms with Crippen molar-refractivity contribution in [3.63, 3.8) is 0 Å². The quantitative estimate of drug-likeness (QED) is 0.596. The molecule has 1 aromatic heterocycles. The second-order valence-electron chi connectivity index (χ2n) is 3.80. The van der Waals surface area contributed by atoms with Gasteiger partial charge in [-0.05, 0) is 54.0 Å². The zero-order valence-corrected chi connectivity index (χ0v) is 12.0. The first kappa shape index (κ1) is 12.1. The summed E-state index contributed by atoms with van der Waals surface area (Å²) in [6.07, 6.45) is 2.05. The Hall–Kier alpha value is -0.350. The Bertz CT molecular complexity index is 511.